The minimum atomic E-state index is -3.70. The summed E-state index contributed by atoms with van der Waals surface area (Å²) in [5.74, 6) is 0. The zero-order valence-corrected chi connectivity index (χ0v) is 11.9. The molecule has 8 heteroatoms. The molecule has 2 heterocycles. The Morgan fingerprint density at radius 1 is 1.24 bits per heavy atom. The summed E-state index contributed by atoms with van der Waals surface area (Å²) in [5, 5.41) is 0.733. The fraction of sp³-hybridized carbons (Fsp3) is 0.0769. The zero-order chi connectivity index (χ0) is 15.0. The van der Waals surface area contributed by atoms with Gasteiger partial charge in [-0.15, -0.1) is 0 Å². The van der Waals surface area contributed by atoms with E-state index >= 15 is 0 Å². The maximum absolute atomic E-state index is 12.1. The number of aromatic nitrogens is 3. The molecule has 0 saturated heterocycles. The fourth-order valence-corrected chi connectivity index (χ4v) is 2.93. The summed E-state index contributed by atoms with van der Waals surface area (Å²) in [4.78, 5) is 20.5. The lowest BCUT2D eigenvalue weighted by molar-refractivity contribution is 0.598. The van der Waals surface area contributed by atoms with E-state index in [1.165, 1.54) is 12.5 Å². The van der Waals surface area contributed by atoms with E-state index < -0.39 is 10.0 Å². The molecule has 3 N–H and O–H groups in total. The molecule has 0 aliphatic heterocycles. The van der Waals surface area contributed by atoms with Crippen LogP contribution < -0.4 is 10.3 Å². The van der Waals surface area contributed by atoms with Crippen LogP contribution in [0.1, 0.15) is 5.56 Å². The molecule has 0 atom stereocenters. The van der Waals surface area contributed by atoms with Crippen molar-refractivity contribution >= 4 is 26.6 Å². The summed E-state index contributed by atoms with van der Waals surface area (Å²) in [5.41, 5.74) is 1.46. The first-order valence-corrected chi connectivity index (χ1v) is 7.59. The maximum Gasteiger partial charge on any atom is 0.278 e. The van der Waals surface area contributed by atoms with Crippen molar-refractivity contribution in [2.24, 2.45) is 0 Å². The Morgan fingerprint density at radius 2 is 2.05 bits per heavy atom. The topological polar surface area (TPSA) is 108 Å². The van der Waals surface area contributed by atoms with Crippen LogP contribution in [-0.4, -0.2) is 23.4 Å². The van der Waals surface area contributed by atoms with Crippen molar-refractivity contribution in [2.45, 2.75) is 11.9 Å². The highest BCUT2D eigenvalue weighted by molar-refractivity contribution is 7.92. The van der Waals surface area contributed by atoms with Crippen LogP contribution in [0.5, 0.6) is 0 Å². The number of nitrogens with one attached hydrogen (secondary N) is 3. The lowest BCUT2D eigenvalue weighted by atomic mass is 10.1. The van der Waals surface area contributed by atoms with Gasteiger partial charge >= 0.3 is 0 Å². The number of H-pyrrole nitrogens is 2. The van der Waals surface area contributed by atoms with Crippen LogP contribution in [0.2, 0.25) is 0 Å². The minimum absolute atomic E-state index is 0.0137. The van der Waals surface area contributed by atoms with E-state index in [1.54, 1.807) is 31.2 Å². The van der Waals surface area contributed by atoms with Gasteiger partial charge in [0.05, 0.1) is 12.5 Å². The predicted molar refractivity (Wildman–Crippen MR) is 78.7 cm³/mol. The van der Waals surface area contributed by atoms with Crippen molar-refractivity contribution in [3.8, 4) is 0 Å². The van der Waals surface area contributed by atoms with Crippen molar-refractivity contribution in [2.75, 3.05) is 4.72 Å². The van der Waals surface area contributed by atoms with E-state index in [-0.39, 0.29) is 10.6 Å². The second kappa shape index (κ2) is 4.74. The summed E-state index contributed by atoms with van der Waals surface area (Å²) in [6.45, 7) is 1.69. The molecule has 108 valence electrons. The third kappa shape index (κ3) is 2.52. The van der Waals surface area contributed by atoms with Crippen LogP contribution in [0, 0.1) is 6.92 Å². The quantitative estimate of drug-likeness (QED) is 0.679. The van der Waals surface area contributed by atoms with Crippen molar-refractivity contribution < 1.29 is 8.42 Å². The van der Waals surface area contributed by atoms with Crippen LogP contribution in [0.4, 0.5) is 5.69 Å². The Balaban J connectivity index is 2.02. The molecule has 0 spiro atoms. The van der Waals surface area contributed by atoms with Gasteiger partial charge in [-0.3, -0.25) is 9.52 Å². The molecular formula is C13H12N4O3S. The number of rotatable bonds is 3. The first kappa shape index (κ1) is 13.4. The molecule has 0 radical (unpaired) electrons. The monoisotopic (exact) mass is 304 g/mol. The van der Waals surface area contributed by atoms with Crippen LogP contribution >= 0.6 is 0 Å². The van der Waals surface area contributed by atoms with E-state index in [9.17, 15) is 13.2 Å². The van der Waals surface area contributed by atoms with Gasteiger partial charge in [0.25, 0.3) is 15.6 Å². The Morgan fingerprint density at radius 3 is 2.76 bits per heavy atom. The van der Waals surface area contributed by atoms with Crippen LogP contribution in [0.3, 0.4) is 0 Å². The Kier molecular flexibility index (Phi) is 3.02. The smallest absolute Gasteiger partial charge is 0.278 e. The summed E-state index contributed by atoms with van der Waals surface area (Å²) in [6.07, 6.45) is 2.52. The largest absolute Gasteiger partial charge is 0.334 e. The molecular weight excluding hydrogens is 292 g/mol. The number of aryl methyl sites for hydroxylation is 1. The molecule has 0 aliphatic carbocycles. The number of nitrogens with zero attached hydrogens (tertiary/aromatic N) is 1. The summed E-state index contributed by atoms with van der Waals surface area (Å²) in [7, 11) is -3.70. The van der Waals surface area contributed by atoms with Gasteiger partial charge in [-0.1, -0.05) is 0 Å². The highest BCUT2D eigenvalue weighted by Gasteiger charge is 2.15. The highest BCUT2D eigenvalue weighted by atomic mass is 32.2. The van der Waals surface area contributed by atoms with Gasteiger partial charge in [-0.05, 0) is 31.2 Å². The number of anilines is 1. The lowest BCUT2D eigenvalue weighted by Crippen LogP contribution is -2.13. The second-order valence-electron chi connectivity index (χ2n) is 4.60. The summed E-state index contributed by atoms with van der Waals surface area (Å²) < 4.78 is 26.6. The van der Waals surface area contributed by atoms with Crippen molar-refractivity contribution in [3.05, 3.63) is 52.7 Å². The Labute approximate surface area is 120 Å². The third-order valence-corrected chi connectivity index (χ3v) is 4.35. The summed E-state index contributed by atoms with van der Waals surface area (Å²) in [6, 6.07) is 6.61. The lowest BCUT2D eigenvalue weighted by Gasteiger charge is -2.07. The fourth-order valence-electron chi connectivity index (χ4n) is 1.98. The first-order valence-electron chi connectivity index (χ1n) is 6.10. The minimum Gasteiger partial charge on any atom is -0.334 e. The zero-order valence-electron chi connectivity index (χ0n) is 11.0. The molecule has 0 unspecified atom stereocenters. The Hall–Kier alpha value is -2.61. The third-order valence-electron chi connectivity index (χ3n) is 3.04. The van der Waals surface area contributed by atoms with Gasteiger partial charge in [-0.2, -0.15) is 8.42 Å². The molecule has 1 aromatic carbocycles. The molecule has 0 aliphatic rings. The van der Waals surface area contributed by atoms with E-state index in [1.807, 2.05) is 0 Å². The molecule has 0 amide bonds. The molecule has 3 aromatic rings. The number of benzene rings is 1. The van der Waals surface area contributed by atoms with Gasteiger partial charge < -0.3 is 9.97 Å². The standard InChI is InChI=1S/C13H12N4O3S/c1-8-4-9-5-10(2-3-11(9)16-13(8)18)17-21(19,20)12-6-14-7-15-12/h2-7,17H,1H3,(H,14,15)(H,16,18). The van der Waals surface area contributed by atoms with Crippen LogP contribution in [0.15, 0.2) is 46.6 Å². The van der Waals surface area contributed by atoms with Crippen LogP contribution in [-0.2, 0) is 10.0 Å². The number of aromatic amines is 2. The number of sulfonamides is 1. The van der Waals surface area contributed by atoms with Crippen molar-refractivity contribution in [3.63, 3.8) is 0 Å². The molecule has 2 aromatic heterocycles. The Bertz CT molecular complexity index is 959. The van der Waals surface area contributed by atoms with Gasteiger partial charge in [0, 0.05) is 22.2 Å². The highest BCUT2D eigenvalue weighted by Crippen LogP contribution is 2.19. The number of fused-ring (bicyclic) bond motifs is 1. The number of hydrogen-bond donors (Lipinski definition) is 3. The molecule has 0 fully saturated rings. The van der Waals surface area contributed by atoms with Crippen molar-refractivity contribution in [1.29, 1.82) is 0 Å². The van der Waals surface area contributed by atoms with Gasteiger partial charge in [0.2, 0.25) is 0 Å². The van der Waals surface area contributed by atoms with E-state index in [0.29, 0.717) is 16.8 Å². The molecule has 3 rings (SSSR count). The average molecular weight is 304 g/mol. The van der Waals surface area contributed by atoms with Gasteiger partial charge in [0.15, 0.2) is 5.03 Å². The van der Waals surface area contributed by atoms with E-state index in [2.05, 4.69) is 19.7 Å². The SMILES string of the molecule is Cc1cc2cc(NS(=O)(=O)c3cnc[nH]3)ccc2[nH]c1=O. The predicted octanol–water partition coefficient (Wildman–Crippen LogP) is 1.36. The summed E-state index contributed by atoms with van der Waals surface area (Å²) >= 11 is 0. The van der Waals surface area contributed by atoms with Crippen LogP contribution in [0.25, 0.3) is 10.9 Å². The molecule has 21 heavy (non-hydrogen) atoms. The van der Waals surface area contributed by atoms with E-state index in [4.69, 9.17) is 0 Å². The number of pyridine rings is 1. The average Bonchev–Trinajstić information content (AvgIpc) is 2.95. The molecule has 0 saturated carbocycles. The normalized spacial score (nSPS) is 11.7. The second-order valence-corrected chi connectivity index (χ2v) is 6.26. The molecule has 7 nitrogen and oxygen atoms in total. The first-order chi connectivity index (χ1) is 9.95. The van der Waals surface area contributed by atoms with Gasteiger partial charge in [-0.25, -0.2) is 4.98 Å². The molecule has 0 bridgehead atoms. The maximum atomic E-state index is 12.1. The number of imidazole rings is 1. The number of hydrogen-bond acceptors (Lipinski definition) is 4. The van der Waals surface area contributed by atoms with Crippen molar-refractivity contribution in [1.82, 2.24) is 15.0 Å². The van der Waals surface area contributed by atoms with E-state index in [0.717, 1.165) is 5.39 Å². The van der Waals surface area contributed by atoms with Gasteiger partial charge in [0.1, 0.15) is 0 Å².